The molecule has 0 spiro atoms. The Morgan fingerprint density at radius 1 is 1.64 bits per heavy atom. The van der Waals surface area contributed by atoms with Crippen LogP contribution in [0.2, 0.25) is 0 Å². The predicted octanol–water partition coefficient (Wildman–Crippen LogP) is -0.0613. The first kappa shape index (κ1) is 10.3. The number of amides is 1. The number of hydrogen-bond donors (Lipinski definition) is 2. The van der Waals surface area contributed by atoms with E-state index >= 15 is 0 Å². The third-order valence-corrected chi connectivity index (χ3v) is 2.15. The van der Waals surface area contributed by atoms with Crippen LogP contribution in [0.4, 0.5) is 0 Å². The Balaban J connectivity index is 3.88. The first-order chi connectivity index (χ1) is 5.11. The van der Waals surface area contributed by atoms with E-state index in [0.29, 0.717) is 0 Å². The lowest BCUT2D eigenvalue weighted by Crippen LogP contribution is -2.26. The lowest BCUT2D eigenvalue weighted by Gasteiger charge is -2.06. The maximum absolute atomic E-state index is 10.7. The van der Waals surface area contributed by atoms with Crippen molar-refractivity contribution in [3.05, 3.63) is 0 Å². The van der Waals surface area contributed by atoms with Crippen molar-refractivity contribution in [3.8, 4) is 0 Å². The molecule has 0 aromatic rings. The summed E-state index contributed by atoms with van der Waals surface area (Å²) in [4.78, 5) is 21.1. The number of thioether (sulfide) groups is 1. The van der Waals surface area contributed by atoms with Gasteiger partial charge in [-0.3, -0.25) is 9.59 Å². The Bertz CT molecular complexity index is 160. The summed E-state index contributed by atoms with van der Waals surface area (Å²) in [6.07, 6.45) is 1.70. The second-order valence-corrected chi connectivity index (χ2v) is 2.98. The summed E-state index contributed by atoms with van der Waals surface area (Å²) in [5.41, 5.74) is 0. The summed E-state index contributed by atoms with van der Waals surface area (Å²) in [5.74, 6) is -1.19. The smallest absolute Gasteiger partial charge is 0.317 e. The normalized spacial score (nSPS) is 12.2. The summed E-state index contributed by atoms with van der Waals surface area (Å²) in [5, 5.41) is 10.3. The Morgan fingerprint density at radius 3 is 2.45 bits per heavy atom. The number of carboxylic acids is 1. The molecule has 0 aromatic heterocycles. The van der Waals surface area contributed by atoms with E-state index in [4.69, 9.17) is 5.11 Å². The molecule has 64 valence electrons. The van der Waals surface area contributed by atoms with Crippen molar-refractivity contribution in [2.45, 2.75) is 11.7 Å². The Labute approximate surface area is 69.4 Å². The number of carbonyl (C=O) groups excluding carboxylic acids is 1. The molecule has 0 radical (unpaired) electrons. The summed E-state index contributed by atoms with van der Waals surface area (Å²) >= 11 is 1.16. The number of carboxylic acid groups (broad SMARTS) is 1. The molecule has 0 aliphatic carbocycles. The fraction of sp³-hybridized carbons (Fsp3) is 0.667. The van der Waals surface area contributed by atoms with Crippen molar-refractivity contribution in [2.24, 2.45) is 0 Å². The number of aliphatic carboxylic acids is 1. The van der Waals surface area contributed by atoms with Crippen LogP contribution in [-0.4, -0.2) is 35.5 Å². The van der Waals surface area contributed by atoms with Crippen molar-refractivity contribution in [2.75, 3.05) is 13.3 Å². The summed E-state index contributed by atoms with van der Waals surface area (Å²) in [6.45, 7) is 0. The molecule has 1 atom stereocenters. The topological polar surface area (TPSA) is 66.4 Å². The molecule has 2 N–H and O–H groups in total. The van der Waals surface area contributed by atoms with Gasteiger partial charge in [-0.1, -0.05) is 0 Å². The minimum Gasteiger partial charge on any atom is -0.480 e. The van der Waals surface area contributed by atoms with Crippen LogP contribution in [0.5, 0.6) is 0 Å². The zero-order valence-electron chi connectivity index (χ0n) is 6.46. The van der Waals surface area contributed by atoms with Gasteiger partial charge in [0.2, 0.25) is 5.91 Å². The van der Waals surface area contributed by atoms with E-state index < -0.39 is 11.2 Å². The van der Waals surface area contributed by atoms with Crippen LogP contribution >= 0.6 is 11.8 Å². The van der Waals surface area contributed by atoms with Gasteiger partial charge in [0.15, 0.2) is 0 Å². The van der Waals surface area contributed by atoms with Crippen molar-refractivity contribution in [1.29, 1.82) is 0 Å². The summed E-state index contributed by atoms with van der Waals surface area (Å²) < 4.78 is 0. The standard InChI is InChI=1S/C6H11NO3S/c1-7-5(8)3-4(11-2)6(9)10/h4H,3H2,1-2H3,(H,7,8)(H,9,10)/t4-/m0/s1. The summed E-state index contributed by atoms with van der Waals surface area (Å²) in [7, 11) is 1.49. The van der Waals surface area contributed by atoms with E-state index in [9.17, 15) is 9.59 Å². The van der Waals surface area contributed by atoms with Crippen molar-refractivity contribution in [1.82, 2.24) is 5.32 Å². The Morgan fingerprint density at radius 2 is 2.18 bits per heavy atom. The van der Waals surface area contributed by atoms with E-state index in [1.807, 2.05) is 0 Å². The maximum Gasteiger partial charge on any atom is 0.317 e. The first-order valence-electron chi connectivity index (χ1n) is 3.08. The lowest BCUT2D eigenvalue weighted by atomic mass is 10.3. The molecule has 0 bridgehead atoms. The zero-order chi connectivity index (χ0) is 8.85. The molecule has 0 saturated heterocycles. The third-order valence-electron chi connectivity index (χ3n) is 1.21. The molecule has 0 aliphatic rings. The number of carbonyl (C=O) groups is 2. The highest BCUT2D eigenvalue weighted by Gasteiger charge is 2.18. The molecule has 1 amide bonds. The molecule has 0 unspecified atom stereocenters. The van der Waals surface area contributed by atoms with Gasteiger partial charge in [0.1, 0.15) is 5.25 Å². The Hall–Kier alpha value is -0.710. The van der Waals surface area contributed by atoms with E-state index in [1.54, 1.807) is 6.26 Å². The second-order valence-electron chi connectivity index (χ2n) is 1.94. The van der Waals surface area contributed by atoms with Gasteiger partial charge in [-0.15, -0.1) is 11.8 Å². The molecule has 0 aliphatic heterocycles. The van der Waals surface area contributed by atoms with Crippen molar-refractivity contribution in [3.63, 3.8) is 0 Å². The highest BCUT2D eigenvalue weighted by atomic mass is 32.2. The Kier molecular flexibility index (Phi) is 4.69. The highest BCUT2D eigenvalue weighted by molar-refractivity contribution is 7.99. The van der Waals surface area contributed by atoms with Gasteiger partial charge in [0, 0.05) is 13.5 Å². The molecule has 4 nitrogen and oxygen atoms in total. The lowest BCUT2D eigenvalue weighted by molar-refractivity contribution is -0.138. The van der Waals surface area contributed by atoms with Crippen LogP contribution in [0.15, 0.2) is 0 Å². The number of nitrogens with one attached hydrogen (secondary N) is 1. The van der Waals surface area contributed by atoms with Crippen LogP contribution in [0, 0.1) is 0 Å². The van der Waals surface area contributed by atoms with Crippen LogP contribution in [0.3, 0.4) is 0 Å². The maximum atomic E-state index is 10.7. The minimum absolute atomic E-state index is 0.0347. The van der Waals surface area contributed by atoms with Crippen molar-refractivity contribution >= 4 is 23.6 Å². The van der Waals surface area contributed by atoms with Gasteiger partial charge in [0.05, 0.1) is 0 Å². The largest absolute Gasteiger partial charge is 0.480 e. The fourth-order valence-electron chi connectivity index (χ4n) is 0.542. The van der Waals surface area contributed by atoms with Crippen LogP contribution in [0.1, 0.15) is 6.42 Å². The van der Waals surface area contributed by atoms with Crippen LogP contribution < -0.4 is 5.32 Å². The molecule has 0 fully saturated rings. The van der Waals surface area contributed by atoms with E-state index in [0.717, 1.165) is 11.8 Å². The molecule has 11 heavy (non-hydrogen) atoms. The fourth-order valence-corrected chi connectivity index (χ4v) is 1.06. The van der Waals surface area contributed by atoms with Gasteiger partial charge in [-0.2, -0.15) is 0 Å². The van der Waals surface area contributed by atoms with Gasteiger partial charge in [-0.25, -0.2) is 0 Å². The molecular weight excluding hydrogens is 166 g/mol. The number of hydrogen-bond acceptors (Lipinski definition) is 3. The highest BCUT2D eigenvalue weighted by Crippen LogP contribution is 2.10. The van der Waals surface area contributed by atoms with Gasteiger partial charge >= 0.3 is 5.97 Å². The quantitative estimate of drug-likeness (QED) is 0.631. The molecule has 0 saturated carbocycles. The average molecular weight is 177 g/mol. The van der Waals surface area contributed by atoms with E-state index in [1.165, 1.54) is 7.05 Å². The van der Waals surface area contributed by atoms with E-state index in [-0.39, 0.29) is 12.3 Å². The minimum atomic E-state index is -0.943. The molecule has 0 rings (SSSR count). The SMILES string of the molecule is CNC(=O)C[C@H](SC)C(=O)O. The molecule has 0 aromatic carbocycles. The van der Waals surface area contributed by atoms with Crippen molar-refractivity contribution < 1.29 is 14.7 Å². The monoisotopic (exact) mass is 177 g/mol. The van der Waals surface area contributed by atoms with Crippen LogP contribution in [0.25, 0.3) is 0 Å². The molecule has 0 heterocycles. The van der Waals surface area contributed by atoms with E-state index in [2.05, 4.69) is 5.32 Å². The third kappa shape index (κ3) is 3.87. The van der Waals surface area contributed by atoms with Gasteiger partial charge in [-0.05, 0) is 6.26 Å². The summed E-state index contributed by atoms with van der Waals surface area (Å²) in [6, 6.07) is 0. The number of rotatable bonds is 4. The molecular formula is C6H11NO3S. The zero-order valence-corrected chi connectivity index (χ0v) is 7.27. The van der Waals surface area contributed by atoms with Gasteiger partial charge < -0.3 is 10.4 Å². The molecule has 5 heteroatoms. The second kappa shape index (κ2) is 5.01. The average Bonchev–Trinajstić information content (AvgIpc) is 1.99. The van der Waals surface area contributed by atoms with Crippen LogP contribution in [-0.2, 0) is 9.59 Å². The van der Waals surface area contributed by atoms with Gasteiger partial charge in [0.25, 0.3) is 0 Å². The predicted molar refractivity (Wildman–Crippen MR) is 43.6 cm³/mol. The first-order valence-corrected chi connectivity index (χ1v) is 4.36.